The van der Waals surface area contributed by atoms with Crippen LogP contribution in [-0.4, -0.2) is 33.6 Å². The van der Waals surface area contributed by atoms with Gasteiger partial charge in [-0.3, -0.25) is 4.57 Å². The lowest BCUT2D eigenvalue weighted by Gasteiger charge is -2.38. The number of rotatable bonds is 7. The predicted molar refractivity (Wildman–Crippen MR) is 141 cm³/mol. The molecule has 1 aliphatic rings. The Balaban J connectivity index is 1.25. The molecular formula is C30H30F5N3O. The molecule has 5 rings (SSSR count). The Bertz CT molecular complexity index is 1430. The molecule has 0 radical (unpaired) electrons. The minimum Gasteiger partial charge on any atom is -0.306 e. The summed E-state index contributed by atoms with van der Waals surface area (Å²) in [6.07, 6.45) is -1.40. The van der Waals surface area contributed by atoms with Gasteiger partial charge in [-0.25, -0.2) is 13.6 Å². The third-order valence-corrected chi connectivity index (χ3v) is 7.88. The smallest absolute Gasteiger partial charge is 0.306 e. The van der Waals surface area contributed by atoms with Gasteiger partial charge in [0.05, 0.1) is 16.6 Å². The maximum Gasteiger partial charge on any atom is 0.416 e. The summed E-state index contributed by atoms with van der Waals surface area (Å²) in [5.41, 5.74) is 1.45. The maximum absolute atomic E-state index is 13.5. The van der Waals surface area contributed by atoms with Gasteiger partial charge in [0, 0.05) is 24.5 Å². The van der Waals surface area contributed by atoms with Crippen LogP contribution in [0.5, 0.6) is 0 Å². The lowest BCUT2D eigenvalue weighted by atomic mass is 9.87. The molecule has 1 fully saturated rings. The van der Waals surface area contributed by atoms with Crippen LogP contribution in [0.1, 0.15) is 61.3 Å². The third-order valence-electron chi connectivity index (χ3n) is 7.88. The number of hydrogen-bond acceptors (Lipinski definition) is 2. The molecule has 1 N–H and O–H groups in total. The summed E-state index contributed by atoms with van der Waals surface area (Å²) in [6.45, 7) is 3.68. The maximum atomic E-state index is 13.5. The normalized spacial score (nSPS) is 18.7. The number of hydrogen-bond donors (Lipinski definition) is 1. The molecule has 0 aliphatic carbocycles. The van der Waals surface area contributed by atoms with E-state index in [9.17, 15) is 26.7 Å². The first kappa shape index (κ1) is 27.1. The molecule has 2 atom stereocenters. The number of halogens is 5. The second-order valence-corrected chi connectivity index (χ2v) is 10.4. The highest BCUT2D eigenvalue weighted by atomic mass is 19.4. The molecule has 3 aromatic carbocycles. The number of aromatic nitrogens is 2. The van der Waals surface area contributed by atoms with Gasteiger partial charge in [-0.2, -0.15) is 13.2 Å². The molecule has 2 heterocycles. The number of H-pyrrole nitrogens is 1. The molecule has 0 bridgehead atoms. The van der Waals surface area contributed by atoms with Crippen LogP contribution in [0.25, 0.3) is 11.0 Å². The number of piperidine rings is 1. The summed E-state index contributed by atoms with van der Waals surface area (Å²) in [7, 11) is 0. The van der Waals surface area contributed by atoms with E-state index in [0.29, 0.717) is 18.4 Å². The highest BCUT2D eigenvalue weighted by Crippen LogP contribution is 2.34. The lowest BCUT2D eigenvalue weighted by molar-refractivity contribution is -0.137. The molecule has 206 valence electrons. The van der Waals surface area contributed by atoms with Gasteiger partial charge in [0.2, 0.25) is 0 Å². The van der Waals surface area contributed by atoms with Crippen LogP contribution >= 0.6 is 0 Å². The van der Waals surface area contributed by atoms with Crippen molar-refractivity contribution in [3.63, 3.8) is 0 Å². The fraction of sp³-hybridized carbons (Fsp3) is 0.367. The van der Waals surface area contributed by atoms with E-state index in [1.165, 1.54) is 30.3 Å². The van der Waals surface area contributed by atoms with Gasteiger partial charge in [-0.05, 0) is 92.7 Å². The highest BCUT2D eigenvalue weighted by Gasteiger charge is 2.32. The largest absolute Gasteiger partial charge is 0.416 e. The van der Waals surface area contributed by atoms with Crippen molar-refractivity contribution < 1.29 is 22.0 Å². The quantitative estimate of drug-likeness (QED) is 0.249. The zero-order valence-electron chi connectivity index (χ0n) is 21.5. The first-order chi connectivity index (χ1) is 18.6. The molecule has 9 heteroatoms. The number of aromatic amines is 1. The molecule has 0 amide bonds. The second kappa shape index (κ2) is 11.0. The third kappa shape index (κ3) is 5.93. The molecule has 1 aliphatic heterocycles. The van der Waals surface area contributed by atoms with Crippen LogP contribution in [0, 0.1) is 11.6 Å². The standard InChI is InChI=1S/C30H30F5N3O/c1-19-17-25(38-28-13-8-22(30(33,34)35)18-27(28)36-29(38)39)14-16-37(19)15-2-3-26(20-4-9-23(31)10-5-20)21-6-11-24(32)12-7-21/h4-13,18-19,25-26H,2-3,14-17H2,1H3,(H,36,39). The van der Waals surface area contributed by atoms with Crippen molar-refractivity contribution in [1.29, 1.82) is 0 Å². The monoisotopic (exact) mass is 543 g/mol. The lowest BCUT2D eigenvalue weighted by Crippen LogP contribution is -2.43. The average molecular weight is 544 g/mol. The minimum atomic E-state index is -4.47. The molecule has 0 spiro atoms. The van der Waals surface area contributed by atoms with Crippen molar-refractivity contribution >= 4 is 11.0 Å². The zero-order valence-corrected chi connectivity index (χ0v) is 21.5. The molecule has 1 aromatic heterocycles. The van der Waals surface area contributed by atoms with Crippen molar-refractivity contribution in [2.45, 2.75) is 56.8 Å². The molecule has 4 aromatic rings. The van der Waals surface area contributed by atoms with E-state index in [1.807, 2.05) is 0 Å². The first-order valence-electron chi connectivity index (χ1n) is 13.2. The van der Waals surface area contributed by atoms with Crippen molar-refractivity contribution in [1.82, 2.24) is 14.5 Å². The summed E-state index contributed by atoms with van der Waals surface area (Å²) in [4.78, 5) is 17.7. The fourth-order valence-corrected chi connectivity index (χ4v) is 5.85. The Hall–Kier alpha value is -3.46. The van der Waals surface area contributed by atoms with Crippen molar-refractivity contribution in [2.75, 3.05) is 13.1 Å². The van der Waals surface area contributed by atoms with Crippen LogP contribution in [-0.2, 0) is 6.18 Å². The van der Waals surface area contributed by atoms with Crippen LogP contribution in [0.2, 0.25) is 0 Å². The number of alkyl halides is 3. The number of imidazole rings is 1. The number of likely N-dealkylation sites (tertiary alicyclic amines) is 1. The molecule has 39 heavy (non-hydrogen) atoms. The summed E-state index contributed by atoms with van der Waals surface area (Å²) in [5.74, 6) is -0.600. The Kier molecular flexibility index (Phi) is 7.62. The van der Waals surface area contributed by atoms with E-state index < -0.39 is 17.4 Å². The van der Waals surface area contributed by atoms with Crippen molar-refractivity contribution in [2.24, 2.45) is 0 Å². The van der Waals surface area contributed by atoms with Gasteiger partial charge in [0.25, 0.3) is 0 Å². The topological polar surface area (TPSA) is 41.0 Å². The zero-order chi connectivity index (χ0) is 27.7. The SMILES string of the molecule is CC1CC(n2c(=O)[nH]c3cc(C(F)(F)F)ccc32)CCN1CCCC(c1ccc(F)cc1)c1ccc(F)cc1. The predicted octanol–water partition coefficient (Wildman–Crippen LogP) is 7.26. The highest BCUT2D eigenvalue weighted by molar-refractivity contribution is 5.76. The fourth-order valence-electron chi connectivity index (χ4n) is 5.85. The molecular weight excluding hydrogens is 513 g/mol. The summed E-state index contributed by atoms with van der Waals surface area (Å²) in [5, 5.41) is 0. The molecule has 0 saturated carbocycles. The van der Waals surface area contributed by atoms with Gasteiger partial charge in [0.1, 0.15) is 11.6 Å². The van der Waals surface area contributed by atoms with E-state index in [1.54, 1.807) is 28.8 Å². The van der Waals surface area contributed by atoms with E-state index in [4.69, 9.17) is 0 Å². The van der Waals surface area contributed by atoms with Crippen molar-refractivity contribution in [3.05, 3.63) is 106 Å². The average Bonchev–Trinajstić information content (AvgIpc) is 3.23. The van der Waals surface area contributed by atoms with Gasteiger partial charge in [0.15, 0.2) is 0 Å². The Morgan fingerprint density at radius 1 is 0.949 bits per heavy atom. The second-order valence-electron chi connectivity index (χ2n) is 10.4. The van der Waals surface area contributed by atoms with E-state index in [2.05, 4.69) is 16.8 Å². The van der Waals surface area contributed by atoms with Crippen LogP contribution in [0.15, 0.2) is 71.5 Å². The molecule has 1 saturated heterocycles. The van der Waals surface area contributed by atoms with E-state index in [0.717, 1.165) is 49.2 Å². The van der Waals surface area contributed by atoms with Gasteiger partial charge >= 0.3 is 11.9 Å². The van der Waals surface area contributed by atoms with Gasteiger partial charge in [-0.15, -0.1) is 0 Å². The Morgan fingerprint density at radius 3 is 2.13 bits per heavy atom. The van der Waals surface area contributed by atoms with E-state index in [-0.39, 0.29) is 35.2 Å². The Labute approximate surface area is 223 Å². The number of nitrogens with one attached hydrogen (secondary N) is 1. The number of nitrogens with zero attached hydrogens (tertiary/aromatic N) is 2. The minimum absolute atomic E-state index is 0.00503. The van der Waals surface area contributed by atoms with Gasteiger partial charge < -0.3 is 9.88 Å². The van der Waals surface area contributed by atoms with Gasteiger partial charge in [-0.1, -0.05) is 24.3 Å². The van der Waals surface area contributed by atoms with Crippen LogP contribution in [0.3, 0.4) is 0 Å². The number of fused-ring (bicyclic) bond motifs is 1. The van der Waals surface area contributed by atoms with E-state index >= 15 is 0 Å². The first-order valence-corrected chi connectivity index (χ1v) is 13.2. The van der Waals surface area contributed by atoms with Crippen LogP contribution < -0.4 is 5.69 Å². The molecule has 2 unspecified atom stereocenters. The summed E-state index contributed by atoms with van der Waals surface area (Å²) in [6, 6.07) is 16.3. The Morgan fingerprint density at radius 2 is 1.56 bits per heavy atom. The van der Waals surface area contributed by atoms with Crippen molar-refractivity contribution in [3.8, 4) is 0 Å². The van der Waals surface area contributed by atoms with Crippen LogP contribution in [0.4, 0.5) is 22.0 Å². The number of benzene rings is 3. The summed E-state index contributed by atoms with van der Waals surface area (Å²) >= 11 is 0. The molecule has 4 nitrogen and oxygen atoms in total. The summed E-state index contributed by atoms with van der Waals surface area (Å²) < 4.78 is 68.0.